The molecule has 0 spiro atoms. The second-order valence-corrected chi connectivity index (χ2v) is 4.52. The quantitative estimate of drug-likeness (QED) is 0.529. The standard InChI is InChI=1S/C8H10N2O2.C6H6N2O2/c1-9(2)7-4-3-5-8(6-7)10(11)12;7-5-2-1-3-6(4-5)8(9)10/h3-6H,1-2H3;1-4H,7H2. The van der Waals surface area contributed by atoms with E-state index in [1.165, 1.54) is 18.2 Å². The summed E-state index contributed by atoms with van der Waals surface area (Å²) in [4.78, 5) is 21.4. The lowest BCUT2D eigenvalue weighted by Crippen LogP contribution is -2.08. The summed E-state index contributed by atoms with van der Waals surface area (Å²) in [6, 6.07) is 12.4. The number of hydrogen-bond donors (Lipinski definition) is 1. The van der Waals surface area contributed by atoms with Crippen LogP contribution in [0.15, 0.2) is 48.5 Å². The van der Waals surface area contributed by atoms with Gasteiger partial charge in [0, 0.05) is 49.7 Å². The van der Waals surface area contributed by atoms with Gasteiger partial charge in [-0.1, -0.05) is 12.1 Å². The van der Waals surface area contributed by atoms with Crippen molar-refractivity contribution < 1.29 is 9.85 Å². The molecule has 0 bridgehead atoms. The predicted molar refractivity (Wildman–Crippen MR) is 84.9 cm³/mol. The number of hydrogen-bond acceptors (Lipinski definition) is 6. The van der Waals surface area contributed by atoms with Crippen molar-refractivity contribution in [1.29, 1.82) is 0 Å². The second kappa shape index (κ2) is 7.58. The largest absolute Gasteiger partial charge is 0.399 e. The molecule has 2 aromatic rings. The van der Waals surface area contributed by atoms with E-state index in [0.29, 0.717) is 5.69 Å². The SMILES string of the molecule is CN(C)c1cccc([N+](=O)[O-])c1.Nc1cccc([N+](=O)[O-])c1. The van der Waals surface area contributed by atoms with Gasteiger partial charge in [0.05, 0.1) is 9.85 Å². The van der Waals surface area contributed by atoms with E-state index in [2.05, 4.69) is 0 Å². The molecule has 0 atom stereocenters. The molecule has 0 unspecified atom stereocenters. The molecular weight excluding hydrogens is 288 g/mol. The number of anilines is 2. The summed E-state index contributed by atoms with van der Waals surface area (Å²) in [5.41, 5.74) is 6.69. The maximum atomic E-state index is 10.4. The monoisotopic (exact) mass is 304 g/mol. The Bertz CT molecular complexity index is 673. The Balaban J connectivity index is 0.000000224. The first-order valence-electron chi connectivity index (χ1n) is 6.23. The highest BCUT2D eigenvalue weighted by Crippen LogP contribution is 2.18. The van der Waals surface area contributed by atoms with Crippen molar-refractivity contribution in [3.05, 3.63) is 68.8 Å². The molecule has 0 aromatic heterocycles. The molecule has 2 aromatic carbocycles. The Morgan fingerprint density at radius 3 is 1.82 bits per heavy atom. The molecular formula is C14H16N4O4. The van der Waals surface area contributed by atoms with Gasteiger partial charge in [-0.2, -0.15) is 0 Å². The van der Waals surface area contributed by atoms with E-state index in [4.69, 9.17) is 5.73 Å². The minimum Gasteiger partial charge on any atom is -0.399 e. The number of nitro groups is 2. The minimum absolute atomic E-state index is 0.0278. The van der Waals surface area contributed by atoms with Crippen LogP contribution in [0.25, 0.3) is 0 Å². The number of non-ortho nitro benzene ring substituents is 2. The molecule has 8 nitrogen and oxygen atoms in total. The van der Waals surface area contributed by atoms with Crippen LogP contribution in [-0.4, -0.2) is 23.9 Å². The Morgan fingerprint density at radius 2 is 1.41 bits per heavy atom. The van der Waals surface area contributed by atoms with Gasteiger partial charge in [0.1, 0.15) is 0 Å². The molecule has 0 fully saturated rings. The van der Waals surface area contributed by atoms with Crippen molar-refractivity contribution in [1.82, 2.24) is 0 Å². The lowest BCUT2D eigenvalue weighted by atomic mass is 10.3. The predicted octanol–water partition coefficient (Wildman–Crippen LogP) is 2.84. The van der Waals surface area contributed by atoms with Crippen LogP contribution in [0.2, 0.25) is 0 Å². The lowest BCUT2D eigenvalue weighted by Gasteiger charge is -2.10. The van der Waals surface area contributed by atoms with Crippen molar-refractivity contribution in [3.63, 3.8) is 0 Å². The highest BCUT2D eigenvalue weighted by Gasteiger charge is 2.05. The van der Waals surface area contributed by atoms with Gasteiger partial charge < -0.3 is 10.6 Å². The Kier molecular flexibility index (Phi) is 5.82. The zero-order valence-corrected chi connectivity index (χ0v) is 12.2. The van der Waals surface area contributed by atoms with E-state index in [9.17, 15) is 20.2 Å². The molecule has 0 aliphatic heterocycles. The summed E-state index contributed by atoms with van der Waals surface area (Å²) in [6.07, 6.45) is 0. The van der Waals surface area contributed by atoms with E-state index < -0.39 is 9.85 Å². The van der Waals surface area contributed by atoms with Crippen LogP contribution >= 0.6 is 0 Å². The maximum Gasteiger partial charge on any atom is 0.271 e. The Morgan fingerprint density at radius 1 is 0.909 bits per heavy atom. The van der Waals surface area contributed by atoms with E-state index in [-0.39, 0.29) is 11.4 Å². The number of rotatable bonds is 3. The van der Waals surface area contributed by atoms with Crippen LogP contribution in [0.1, 0.15) is 0 Å². The van der Waals surface area contributed by atoms with Gasteiger partial charge in [-0.3, -0.25) is 20.2 Å². The third kappa shape index (κ3) is 5.08. The molecule has 0 heterocycles. The fraction of sp³-hybridized carbons (Fsp3) is 0.143. The smallest absolute Gasteiger partial charge is 0.271 e. The van der Waals surface area contributed by atoms with Gasteiger partial charge in [0.2, 0.25) is 0 Å². The summed E-state index contributed by atoms with van der Waals surface area (Å²) in [7, 11) is 3.69. The normalized spacial score (nSPS) is 9.36. The summed E-state index contributed by atoms with van der Waals surface area (Å²) in [5, 5.41) is 20.5. The highest BCUT2D eigenvalue weighted by molar-refractivity contribution is 5.51. The molecule has 0 saturated carbocycles. The summed E-state index contributed by atoms with van der Waals surface area (Å²) in [6.45, 7) is 0. The van der Waals surface area contributed by atoms with Crippen molar-refractivity contribution in [2.75, 3.05) is 24.7 Å². The van der Waals surface area contributed by atoms with Gasteiger partial charge in [-0.05, 0) is 12.1 Å². The van der Waals surface area contributed by atoms with Crippen molar-refractivity contribution >= 4 is 22.7 Å². The molecule has 0 aliphatic carbocycles. The molecule has 8 heteroatoms. The topological polar surface area (TPSA) is 116 Å². The highest BCUT2D eigenvalue weighted by atomic mass is 16.6. The van der Waals surface area contributed by atoms with Crippen LogP contribution in [0.5, 0.6) is 0 Å². The Labute approximate surface area is 127 Å². The molecule has 22 heavy (non-hydrogen) atoms. The zero-order valence-electron chi connectivity index (χ0n) is 12.2. The first-order valence-corrected chi connectivity index (χ1v) is 6.23. The van der Waals surface area contributed by atoms with Gasteiger partial charge in [-0.15, -0.1) is 0 Å². The number of nitrogens with zero attached hydrogens (tertiary/aromatic N) is 3. The van der Waals surface area contributed by atoms with Crippen molar-refractivity contribution in [2.45, 2.75) is 0 Å². The molecule has 116 valence electrons. The maximum absolute atomic E-state index is 10.4. The molecule has 0 amide bonds. The van der Waals surface area contributed by atoms with Gasteiger partial charge in [0.15, 0.2) is 0 Å². The lowest BCUT2D eigenvalue weighted by molar-refractivity contribution is -0.385. The average Bonchev–Trinajstić information content (AvgIpc) is 2.48. The number of nitrogen functional groups attached to an aromatic ring is 1. The van der Waals surface area contributed by atoms with E-state index >= 15 is 0 Å². The molecule has 0 aliphatic rings. The molecule has 2 N–H and O–H groups in total. The summed E-state index contributed by atoms with van der Waals surface area (Å²) in [5.74, 6) is 0. The summed E-state index contributed by atoms with van der Waals surface area (Å²) >= 11 is 0. The Hall–Kier alpha value is -3.16. The fourth-order valence-corrected chi connectivity index (χ4v) is 1.52. The van der Waals surface area contributed by atoms with E-state index in [1.807, 2.05) is 25.1 Å². The number of benzene rings is 2. The number of nitrogens with two attached hydrogens (primary N) is 1. The van der Waals surface area contributed by atoms with Gasteiger partial charge in [-0.25, -0.2) is 0 Å². The minimum atomic E-state index is -0.476. The third-order valence-corrected chi connectivity index (χ3v) is 2.64. The zero-order chi connectivity index (χ0) is 16.7. The first-order chi connectivity index (χ1) is 10.3. The second-order valence-electron chi connectivity index (χ2n) is 4.52. The summed E-state index contributed by atoms with van der Waals surface area (Å²) < 4.78 is 0. The van der Waals surface area contributed by atoms with Crippen LogP contribution in [0, 0.1) is 20.2 Å². The average molecular weight is 304 g/mol. The van der Waals surface area contributed by atoms with Gasteiger partial charge in [0.25, 0.3) is 11.4 Å². The molecule has 0 radical (unpaired) electrons. The van der Waals surface area contributed by atoms with Crippen LogP contribution in [-0.2, 0) is 0 Å². The van der Waals surface area contributed by atoms with Crippen molar-refractivity contribution in [3.8, 4) is 0 Å². The van der Waals surface area contributed by atoms with Crippen LogP contribution < -0.4 is 10.6 Å². The van der Waals surface area contributed by atoms with Crippen molar-refractivity contribution in [2.24, 2.45) is 0 Å². The number of nitro benzene ring substituents is 2. The third-order valence-electron chi connectivity index (χ3n) is 2.64. The molecule has 0 saturated heterocycles. The molecule has 2 rings (SSSR count). The van der Waals surface area contributed by atoms with E-state index in [0.717, 1.165) is 5.69 Å². The van der Waals surface area contributed by atoms with Crippen LogP contribution in [0.4, 0.5) is 22.7 Å². The van der Waals surface area contributed by atoms with Gasteiger partial charge >= 0.3 is 0 Å². The van der Waals surface area contributed by atoms with Crippen LogP contribution in [0.3, 0.4) is 0 Å². The van der Waals surface area contributed by atoms with E-state index in [1.54, 1.807) is 24.3 Å². The fourth-order valence-electron chi connectivity index (χ4n) is 1.52. The first kappa shape index (κ1) is 16.9.